The molecule has 0 aliphatic rings. The Balaban J connectivity index is 3.66. The Labute approximate surface area is 56.7 Å². The van der Waals surface area contributed by atoms with E-state index in [-0.39, 0.29) is 0 Å². The van der Waals surface area contributed by atoms with E-state index in [9.17, 15) is 0 Å². The predicted molar refractivity (Wildman–Crippen MR) is 41.6 cm³/mol. The normalized spacial score (nSPS) is 11.1. The van der Waals surface area contributed by atoms with Crippen LogP contribution < -0.4 is 5.32 Å². The second kappa shape index (κ2) is 5.35. The molecule has 2 heteroatoms. The van der Waals surface area contributed by atoms with Crippen molar-refractivity contribution in [2.24, 2.45) is 4.99 Å². The van der Waals surface area contributed by atoms with Gasteiger partial charge in [0.2, 0.25) is 0 Å². The third kappa shape index (κ3) is 3.76. The minimum absolute atomic E-state index is 1.05. The fourth-order valence-electron chi connectivity index (χ4n) is 0.634. The van der Waals surface area contributed by atoms with Crippen molar-refractivity contribution >= 4 is 6.72 Å². The predicted octanol–water partition coefficient (Wildman–Crippen LogP) is 1.55. The summed E-state index contributed by atoms with van der Waals surface area (Å²) in [6.45, 7) is 5.50. The summed E-state index contributed by atoms with van der Waals surface area (Å²) in [6, 6.07) is 0. The summed E-state index contributed by atoms with van der Waals surface area (Å²) in [4.78, 5) is 3.65. The summed E-state index contributed by atoms with van der Waals surface area (Å²) >= 11 is 0. The molecular weight excluding hydrogens is 112 g/mol. The third-order valence-corrected chi connectivity index (χ3v) is 1.09. The van der Waals surface area contributed by atoms with Crippen molar-refractivity contribution in [1.29, 1.82) is 0 Å². The van der Waals surface area contributed by atoms with Crippen molar-refractivity contribution in [3.05, 3.63) is 11.9 Å². The average molecular weight is 126 g/mol. The molecule has 0 saturated carbocycles. The number of rotatable bonds is 4. The van der Waals surface area contributed by atoms with Crippen molar-refractivity contribution in [3.8, 4) is 0 Å². The van der Waals surface area contributed by atoms with Gasteiger partial charge in [0.05, 0.1) is 0 Å². The lowest BCUT2D eigenvalue weighted by molar-refractivity contribution is 0.812. The summed E-state index contributed by atoms with van der Waals surface area (Å²) in [6.07, 6.45) is 3.95. The first-order valence-electron chi connectivity index (χ1n) is 3.17. The highest BCUT2D eigenvalue weighted by molar-refractivity contribution is 5.26. The lowest BCUT2D eigenvalue weighted by Gasteiger charge is -2.00. The van der Waals surface area contributed by atoms with Crippen molar-refractivity contribution in [2.75, 3.05) is 7.05 Å². The van der Waals surface area contributed by atoms with Gasteiger partial charge < -0.3 is 5.32 Å². The van der Waals surface area contributed by atoms with Crippen LogP contribution >= 0.6 is 0 Å². The van der Waals surface area contributed by atoms with Gasteiger partial charge in [0, 0.05) is 18.9 Å². The number of allylic oxidation sites excluding steroid dienone is 1. The topological polar surface area (TPSA) is 24.4 Å². The zero-order valence-corrected chi connectivity index (χ0v) is 6.15. The maximum atomic E-state index is 3.65. The molecule has 0 aromatic rings. The molecule has 0 amide bonds. The van der Waals surface area contributed by atoms with E-state index in [0.29, 0.717) is 0 Å². The molecule has 9 heavy (non-hydrogen) atoms. The molecule has 2 nitrogen and oxygen atoms in total. The van der Waals surface area contributed by atoms with Crippen LogP contribution in [0.2, 0.25) is 0 Å². The van der Waals surface area contributed by atoms with Crippen molar-refractivity contribution in [1.82, 2.24) is 5.32 Å². The Hall–Kier alpha value is -0.790. The van der Waals surface area contributed by atoms with Crippen LogP contribution in [0, 0.1) is 0 Å². The van der Waals surface area contributed by atoms with Gasteiger partial charge in [-0.2, -0.15) is 0 Å². The van der Waals surface area contributed by atoms with Gasteiger partial charge in [-0.15, -0.1) is 0 Å². The molecule has 52 valence electrons. The molecule has 0 atom stereocenters. The van der Waals surface area contributed by atoms with E-state index in [2.05, 4.69) is 24.0 Å². The molecule has 0 unspecified atom stereocenters. The van der Waals surface area contributed by atoms with Crippen LogP contribution in [-0.2, 0) is 0 Å². The largest absolute Gasteiger partial charge is 0.390 e. The molecule has 0 aromatic heterocycles. The van der Waals surface area contributed by atoms with E-state index in [1.54, 1.807) is 6.20 Å². The molecule has 0 saturated heterocycles. The highest BCUT2D eigenvalue weighted by Crippen LogP contribution is 1.98. The Morgan fingerprint density at radius 3 is 2.78 bits per heavy atom. The summed E-state index contributed by atoms with van der Waals surface area (Å²) in [5.41, 5.74) is 1.15. The van der Waals surface area contributed by atoms with Gasteiger partial charge in [-0.25, -0.2) is 0 Å². The smallest absolute Gasteiger partial charge is 0.0450 e. The van der Waals surface area contributed by atoms with Crippen LogP contribution in [0.4, 0.5) is 0 Å². The highest BCUT2D eigenvalue weighted by atomic mass is 14.9. The van der Waals surface area contributed by atoms with Gasteiger partial charge >= 0.3 is 0 Å². The SMILES string of the molecule is C=N/C=C(/CCC)NC. The van der Waals surface area contributed by atoms with Crippen LogP contribution in [0.1, 0.15) is 19.8 Å². The quantitative estimate of drug-likeness (QED) is 0.568. The molecule has 0 rings (SSSR count). The van der Waals surface area contributed by atoms with Gasteiger partial charge in [0.25, 0.3) is 0 Å². The first-order valence-corrected chi connectivity index (χ1v) is 3.17. The van der Waals surface area contributed by atoms with Crippen LogP contribution in [0.5, 0.6) is 0 Å². The third-order valence-electron chi connectivity index (χ3n) is 1.09. The van der Waals surface area contributed by atoms with E-state index in [1.807, 2.05) is 7.05 Å². The maximum absolute atomic E-state index is 3.65. The summed E-state index contributed by atoms with van der Waals surface area (Å²) in [5.74, 6) is 0. The molecule has 0 radical (unpaired) electrons. The Morgan fingerprint density at radius 1 is 1.78 bits per heavy atom. The van der Waals surface area contributed by atoms with Crippen molar-refractivity contribution < 1.29 is 0 Å². The van der Waals surface area contributed by atoms with Crippen LogP contribution in [0.3, 0.4) is 0 Å². The van der Waals surface area contributed by atoms with Gasteiger partial charge in [-0.3, -0.25) is 4.99 Å². The number of hydrogen-bond donors (Lipinski definition) is 1. The molecule has 0 aromatic carbocycles. The second-order valence-corrected chi connectivity index (χ2v) is 1.84. The minimum atomic E-state index is 1.05. The fraction of sp³-hybridized carbons (Fsp3) is 0.571. The lowest BCUT2D eigenvalue weighted by atomic mass is 10.3. The van der Waals surface area contributed by atoms with E-state index >= 15 is 0 Å². The molecular formula is C7H14N2. The molecule has 0 bridgehead atoms. The van der Waals surface area contributed by atoms with E-state index in [1.165, 1.54) is 0 Å². The lowest BCUT2D eigenvalue weighted by Crippen LogP contribution is -2.04. The average Bonchev–Trinajstić information content (AvgIpc) is 1.88. The van der Waals surface area contributed by atoms with Crippen LogP contribution in [-0.4, -0.2) is 13.8 Å². The monoisotopic (exact) mass is 126 g/mol. The second-order valence-electron chi connectivity index (χ2n) is 1.84. The minimum Gasteiger partial charge on any atom is -0.390 e. The van der Waals surface area contributed by atoms with Crippen LogP contribution in [0.25, 0.3) is 0 Å². The Kier molecular flexibility index (Phi) is 4.88. The highest BCUT2D eigenvalue weighted by Gasteiger charge is 1.87. The zero-order chi connectivity index (χ0) is 7.11. The Bertz CT molecular complexity index is 105. The van der Waals surface area contributed by atoms with Crippen molar-refractivity contribution in [3.63, 3.8) is 0 Å². The molecule has 1 N–H and O–H groups in total. The van der Waals surface area contributed by atoms with Crippen LogP contribution in [0.15, 0.2) is 16.9 Å². The number of hydrogen-bond acceptors (Lipinski definition) is 2. The fourth-order valence-corrected chi connectivity index (χ4v) is 0.634. The first-order chi connectivity index (χ1) is 4.35. The van der Waals surface area contributed by atoms with Gasteiger partial charge in [-0.1, -0.05) is 13.3 Å². The number of nitrogens with one attached hydrogen (secondary N) is 1. The first kappa shape index (κ1) is 8.21. The zero-order valence-electron chi connectivity index (χ0n) is 6.15. The maximum Gasteiger partial charge on any atom is 0.0450 e. The molecule has 0 fully saturated rings. The van der Waals surface area contributed by atoms with E-state index < -0.39 is 0 Å². The molecule has 0 heterocycles. The standard InChI is InChI=1S/C7H14N2/c1-4-5-7(9-3)6-8-2/h6,9H,2,4-5H2,1,3H3/b7-6-. The molecule has 0 aliphatic heterocycles. The summed E-state index contributed by atoms with van der Waals surface area (Å²) in [5, 5.41) is 3.03. The number of nitrogens with zero attached hydrogens (tertiary/aromatic N) is 1. The summed E-state index contributed by atoms with van der Waals surface area (Å²) < 4.78 is 0. The number of aliphatic imine (C=N–C) groups is 1. The van der Waals surface area contributed by atoms with E-state index in [4.69, 9.17) is 0 Å². The van der Waals surface area contributed by atoms with Gasteiger partial charge in [0.15, 0.2) is 0 Å². The Morgan fingerprint density at radius 2 is 2.44 bits per heavy atom. The molecule has 0 spiro atoms. The van der Waals surface area contributed by atoms with Gasteiger partial charge in [-0.05, 0) is 13.1 Å². The van der Waals surface area contributed by atoms with Crippen molar-refractivity contribution in [2.45, 2.75) is 19.8 Å². The van der Waals surface area contributed by atoms with E-state index in [0.717, 1.165) is 18.5 Å². The molecule has 0 aliphatic carbocycles. The van der Waals surface area contributed by atoms with Gasteiger partial charge in [0.1, 0.15) is 0 Å². The summed E-state index contributed by atoms with van der Waals surface area (Å²) in [7, 11) is 1.90.